The number of rotatable bonds is 4. The average molecular weight is 337 g/mol. The number of thiocarbonyl (C=S) groups is 1. The van der Waals surface area contributed by atoms with Gasteiger partial charge in [-0.05, 0) is 55.4 Å². The zero-order valence-corrected chi connectivity index (χ0v) is 14.0. The minimum Gasteiger partial charge on any atom is -0.361 e. The van der Waals surface area contributed by atoms with E-state index in [2.05, 4.69) is 10.6 Å². The molecule has 0 aliphatic rings. The van der Waals surface area contributed by atoms with Crippen LogP contribution < -0.4 is 10.6 Å². The topological polar surface area (TPSA) is 24.1 Å². The van der Waals surface area contributed by atoms with Crippen molar-refractivity contribution in [2.75, 3.05) is 0 Å². The number of halogens is 2. The summed E-state index contributed by atoms with van der Waals surface area (Å²) in [5, 5.41) is 7.57. The largest absolute Gasteiger partial charge is 0.361 e. The minimum atomic E-state index is -0.274. The van der Waals surface area contributed by atoms with Crippen LogP contribution >= 0.6 is 23.8 Å². The van der Waals surface area contributed by atoms with E-state index in [1.54, 1.807) is 12.1 Å². The van der Waals surface area contributed by atoms with Gasteiger partial charge in [-0.3, -0.25) is 0 Å². The Bertz CT molecular complexity index is 643. The molecular formula is C17H18ClFN2S. The summed E-state index contributed by atoms with van der Waals surface area (Å²) in [6.45, 7) is 4.02. The number of benzene rings is 2. The molecule has 0 aromatic heterocycles. The fourth-order valence-electron chi connectivity index (χ4n) is 2.14. The molecular weight excluding hydrogens is 319 g/mol. The molecule has 2 aromatic carbocycles. The van der Waals surface area contributed by atoms with E-state index in [0.29, 0.717) is 10.1 Å². The van der Waals surface area contributed by atoms with E-state index < -0.39 is 0 Å². The van der Waals surface area contributed by atoms with Gasteiger partial charge in [0.1, 0.15) is 5.82 Å². The quantitative estimate of drug-likeness (QED) is 0.807. The molecule has 0 bridgehead atoms. The van der Waals surface area contributed by atoms with Crippen LogP contribution in [-0.4, -0.2) is 11.2 Å². The maximum Gasteiger partial charge on any atom is 0.167 e. The van der Waals surface area contributed by atoms with E-state index in [9.17, 15) is 4.39 Å². The Balaban J connectivity index is 2.34. The summed E-state index contributed by atoms with van der Waals surface area (Å²) in [4.78, 5) is 0. The van der Waals surface area contributed by atoms with Crippen molar-refractivity contribution in [1.82, 2.24) is 10.6 Å². The van der Waals surface area contributed by atoms with Gasteiger partial charge in [-0.2, -0.15) is 0 Å². The van der Waals surface area contributed by atoms with Crippen LogP contribution in [0, 0.1) is 5.82 Å². The SMILES string of the molecule is CC(C)NC(=S)NC(c1ccc(F)cc1)c1ccccc1Cl. The molecule has 0 fully saturated rings. The van der Waals surface area contributed by atoms with E-state index in [1.165, 1.54) is 12.1 Å². The molecule has 0 radical (unpaired) electrons. The Labute approximate surface area is 140 Å². The molecule has 22 heavy (non-hydrogen) atoms. The predicted molar refractivity (Wildman–Crippen MR) is 93.7 cm³/mol. The molecule has 0 spiro atoms. The first-order chi connectivity index (χ1) is 10.5. The molecule has 0 aliphatic heterocycles. The molecule has 2 N–H and O–H groups in total. The van der Waals surface area contributed by atoms with E-state index in [1.807, 2.05) is 38.1 Å². The minimum absolute atomic E-state index is 0.222. The average Bonchev–Trinajstić information content (AvgIpc) is 2.46. The highest BCUT2D eigenvalue weighted by atomic mass is 35.5. The first-order valence-corrected chi connectivity index (χ1v) is 7.83. The van der Waals surface area contributed by atoms with Crippen molar-refractivity contribution in [1.29, 1.82) is 0 Å². The van der Waals surface area contributed by atoms with Crippen LogP contribution in [0.25, 0.3) is 0 Å². The second-order valence-corrected chi connectivity index (χ2v) is 6.09. The van der Waals surface area contributed by atoms with Crippen LogP contribution in [0.5, 0.6) is 0 Å². The predicted octanol–water partition coefficient (Wildman–Crippen LogP) is 4.44. The van der Waals surface area contributed by atoms with Crippen molar-refractivity contribution in [2.24, 2.45) is 0 Å². The molecule has 1 atom stereocenters. The maximum absolute atomic E-state index is 13.2. The molecule has 0 saturated heterocycles. The van der Waals surface area contributed by atoms with Crippen LogP contribution in [0.15, 0.2) is 48.5 Å². The van der Waals surface area contributed by atoms with Crippen molar-refractivity contribution in [3.63, 3.8) is 0 Å². The molecule has 2 aromatic rings. The van der Waals surface area contributed by atoms with Gasteiger partial charge in [-0.1, -0.05) is 41.9 Å². The van der Waals surface area contributed by atoms with Crippen LogP contribution in [0.4, 0.5) is 4.39 Å². The molecule has 0 heterocycles. The highest BCUT2D eigenvalue weighted by molar-refractivity contribution is 7.80. The molecule has 116 valence electrons. The number of hydrogen-bond donors (Lipinski definition) is 2. The Morgan fingerprint density at radius 1 is 1.05 bits per heavy atom. The highest BCUT2D eigenvalue weighted by Gasteiger charge is 2.18. The van der Waals surface area contributed by atoms with Gasteiger partial charge in [-0.15, -0.1) is 0 Å². The van der Waals surface area contributed by atoms with Gasteiger partial charge in [0, 0.05) is 11.1 Å². The van der Waals surface area contributed by atoms with Crippen LogP contribution in [0.1, 0.15) is 31.0 Å². The maximum atomic E-state index is 13.2. The fraction of sp³-hybridized carbons (Fsp3) is 0.235. The number of hydrogen-bond acceptors (Lipinski definition) is 1. The summed E-state index contributed by atoms with van der Waals surface area (Å²) in [7, 11) is 0. The van der Waals surface area contributed by atoms with Crippen LogP contribution in [-0.2, 0) is 0 Å². The lowest BCUT2D eigenvalue weighted by Gasteiger charge is -2.24. The van der Waals surface area contributed by atoms with Crippen molar-refractivity contribution in [3.8, 4) is 0 Å². The van der Waals surface area contributed by atoms with Crippen molar-refractivity contribution < 1.29 is 4.39 Å². The lowest BCUT2D eigenvalue weighted by atomic mass is 9.98. The lowest BCUT2D eigenvalue weighted by Crippen LogP contribution is -2.41. The molecule has 0 amide bonds. The van der Waals surface area contributed by atoms with Crippen LogP contribution in [0.3, 0.4) is 0 Å². The van der Waals surface area contributed by atoms with Crippen LogP contribution in [0.2, 0.25) is 5.02 Å². The first-order valence-electron chi connectivity index (χ1n) is 7.04. The Morgan fingerprint density at radius 2 is 1.68 bits per heavy atom. The summed E-state index contributed by atoms with van der Waals surface area (Å²) in [6.07, 6.45) is 0. The van der Waals surface area contributed by atoms with Gasteiger partial charge in [0.25, 0.3) is 0 Å². The molecule has 5 heteroatoms. The zero-order chi connectivity index (χ0) is 16.1. The molecule has 0 saturated carbocycles. The summed E-state index contributed by atoms with van der Waals surface area (Å²) < 4.78 is 13.2. The summed E-state index contributed by atoms with van der Waals surface area (Å²) >= 11 is 11.6. The standard InChI is InChI=1S/C17H18ClFN2S/c1-11(2)20-17(22)21-16(12-7-9-13(19)10-8-12)14-5-3-4-6-15(14)18/h3-11,16H,1-2H3,(H2,20,21,22). The van der Waals surface area contributed by atoms with Gasteiger partial charge in [-0.25, -0.2) is 4.39 Å². The monoisotopic (exact) mass is 336 g/mol. The third kappa shape index (κ3) is 4.42. The van der Waals surface area contributed by atoms with E-state index in [0.717, 1.165) is 11.1 Å². The highest BCUT2D eigenvalue weighted by Crippen LogP contribution is 2.28. The van der Waals surface area contributed by atoms with Gasteiger partial charge in [0.15, 0.2) is 5.11 Å². The van der Waals surface area contributed by atoms with E-state index in [-0.39, 0.29) is 17.9 Å². The normalized spacial score (nSPS) is 12.0. The summed E-state index contributed by atoms with van der Waals surface area (Å²) in [5.41, 5.74) is 1.78. The molecule has 0 aliphatic carbocycles. The first kappa shape index (κ1) is 16.7. The molecule has 2 rings (SSSR count). The van der Waals surface area contributed by atoms with E-state index >= 15 is 0 Å². The van der Waals surface area contributed by atoms with Gasteiger partial charge in [0.2, 0.25) is 0 Å². The van der Waals surface area contributed by atoms with Crippen molar-refractivity contribution in [3.05, 3.63) is 70.5 Å². The Morgan fingerprint density at radius 3 is 2.27 bits per heavy atom. The fourth-order valence-corrected chi connectivity index (χ4v) is 2.74. The summed E-state index contributed by atoms with van der Waals surface area (Å²) in [6, 6.07) is 13.8. The third-order valence-electron chi connectivity index (χ3n) is 3.11. The van der Waals surface area contributed by atoms with Gasteiger partial charge in [0.05, 0.1) is 6.04 Å². The third-order valence-corrected chi connectivity index (χ3v) is 3.69. The second-order valence-electron chi connectivity index (χ2n) is 5.28. The van der Waals surface area contributed by atoms with Gasteiger partial charge < -0.3 is 10.6 Å². The second kappa shape index (κ2) is 7.56. The zero-order valence-electron chi connectivity index (χ0n) is 12.4. The van der Waals surface area contributed by atoms with Gasteiger partial charge >= 0.3 is 0 Å². The van der Waals surface area contributed by atoms with E-state index in [4.69, 9.17) is 23.8 Å². The van der Waals surface area contributed by atoms with Crippen molar-refractivity contribution >= 4 is 28.9 Å². The number of nitrogens with one attached hydrogen (secondary N) is 2. The Hall–Kier alpha value is -1.65. The smallest absolute Gasteiger partial charge is 0.167 e. The summed E-state index contributed by atoms with van der Waals surface area (Å²) in [5.74, 6) is -0.274. The Kier molecular flexibility index (Phi) is 5.75. The lowest BCUT2D eigenvalue weighted by molar-refractivity contribution is 0.625. The molecule has 2 nitrogen and oxygen atoms in total. The van der Waals surface area contributed by atoms with Crippen molar-refractivity contribution in [2.45, 2.75) is 25.9 Å². The molecule has 1 unspecified atom stereocenters.